The van der Waals surface area contributed by atoms with Gasteiger partial charge in [0, 0.05) is 20.0 Å². The summed E-state index contributed by atoms with van der Waals surface area (Å²) >= 11 is 0. The van der Waals surface area contributed by atoms with E-state index in [0.717, 1.165) is 12.3 Å². The van der Waals surface area contributed by atoms with Crippen molar-refractivity contribution in [1.82, 2.24) is 10.2 Å². The Hall–Kier alpha value is -1.10. The van der Waals surface area contributed by atoms with Gasteiger partial charge in [0.25, 0.3) is 0 Å². The zero-order valence-corrected chi connectivity index (χ0v) is 12.4. The second kappa shape index (κ2) is 7.62. The van der Waals surface area contributed by atoms with Crippen molar-refractivity contribution in [3.05, 3.63) is 0 Å². The Bertz CT molecular complexity index is 340. The van der Waals surface area contributed by atoms with Gasteiger partial charge in [0.2, 0.25) is 11.8 Å². The SMILES string of the molecule is CC(=O)NCC(=O)N1CCO[C@H](CC2CCCCC2)C1. The third-order valence-corrected chi connectivity index (χ3v) is 4.30. The van der Waals surface area contributed by atoms with E-state index in [9.17, 15) is 9.59 Å². The molecule has 2 amide bonds. The Morgan fingerprint density at radius 3 is 2.70 bits per heavy atom. The van der Waals surface area contributed by atoms with E-state index in [4.69, 9.17) is 4.74 Å². The first-order valence-corrected chi connectivity index (χ1v) is 7.79. The summed E-state index contributed by atoms with van der Waals surface area (Å²) in [5, 5.41) is 2.57. The summed E-state index contributed by atoms with van der Waals surface area (Å²) in [6.07, 6.45) is 7.89. The summed E-state index contributed by atoms with van der Waals surface area (Å²) in [6.45, 7) is 3.46. The van der Waals surface area contributed by atoms with Crippen molar-refractivity contribution in [2.24, 2.45) is 5.92 Å². The van der Waals surface area contributed by atoms with Crippen LogP contribution < -0.4 is 5.32 Å². The van der Waals surface area contributed by atoms with Crippen LogP contribution in [0.2, 0.25) is 0 Å². The Kier molecular flexibility index (Phi) is 5.83. The molecule has 0 aromatic heterocycles. The summed E-state index contributed by atoms with van der Waals surface area (Å²) in [5.41, 5.74) is 0. The first kappa shape index (κ1) is 15.3. The maximum absolute atomic E-state index is 12.0. The molecule has 0 unspecified atom stereocenters. The number of nitrogens with zero attached hydrogens (tertiary/aromatic N) is 1. The van der Waals surface area contributed by atoms with E-state index < -0.39 is 0 Å². The van der Waals surface area contributed by atoms with Crippen molar-refractivity contribution in [3.63, 3.8) is 0 Å². The molecular weight excluding hydrogens is 256 g/mol. The highest BCUT2D eigenvalue weighted by Crippen LogP contribution is 2.28. The van der Waals surface area contributed by atoms with Crippen LogP contribution in [0.25, 0.3) is 0 Å². The molecule has 0 aromatic rings. The summed E-state index contributed by atoms with van der Waals surface area (Å²) < 4.78 is 5.81. The highest BCUT2D eigenvalue weighted by Gasteiger charge is 2.27. The maximum atomic E-state index is 12.0. The minimum Gasteiger partial charge on any atom is -0.375 e. The van der Waals surface area contributed by atoms with Crippen molar-refractivity contribution in [3.8, 4) is 0 Å². The molecule has 5 heteroatoms. The zero-order chi connectivity index (χ0) is 14.4. The highest BCUT2D eigenvalue weighted by molar-refractivity contribution is 5.83. The topological polar surface area (TPSA) is 58.6 Å². The minimum absolute atomic E-state index is 0.00264. The van der Waals surface area contributed by atoms with E-state index in [-0.39, 0.29) is 24.5 Å². The molecule has 114 valence electrons. The highest BCUT2D eigenvalue weighted by atomic mass is 16.5. The predicted molar refractivity (Wildman–Crippen MR) is 76.2 cm³/mol. The molecule has 0 spiro atoms. The molecule has 1 aliphatic carbocycles. The van der Waals surface area contributed by atoms with Crippen LogP contribution in [0.3, 0.4) is 0 Å². The van der Waals surface area contributed by atoms with E-state index in [1.807, 2.05) is 4.90 Å². The van der Waals surface area contributed by atoms with Gasteiger partial charge in [0.1, 0.15) is 0 Å². The Balaban J connectivity index is 1.75. The third kappa shape index (κ3) is 4.78. The fourth-order valence-electron chi connectivity index (χ4n) is 3.19. The van der Waals surface area contributed by atoms with Crippen LogP contribution in [0.1, 0.15) is 45.4 Å². The number of hydrogen-bond donors (Lipinski definition) is 1. The van der Waals surface area contributed by atoms with Gasteiger partial charge in [0.05, 0.1) is 19.3 Å². The fourth-order valence-corrected chi connectivity index (χ4v) is 3.19. The molecule has 1 heterocycles. The number of carbonyl (C=O) groups is 2. The van der Waals surface area contributed by atoms with Crippen LogP contribution >= 0.6 is 0 Å². The van der Waals surface area contributed by atoms with Gasteiger partial charge in [-0.15, -0.1) is 0 Å². The molecule has 1 N–H and O–H groups in total. The van der Waals surface area contributed by atoms with Crippen LogP contribution in [-0.2, 0) is 14.3 Å². The van der Waals surface area contributed by atoms with Crippen LogP contribution in [0, 0.1) is 5.92 Å². The monoisotopic (exact) mass is 282 g/mol. The summed E-state index contributed by atoms with van der Waals surface area (Å²) in [4.78, 5) is 24.7. The first-order valence-electron chi connectivity index (χ1n) is 7.79. The predicted octanol–water partition coefficient (Wildman–Crippen LogP) is 1.32. The molecule has 0 radical (unpaired) electrons. The number of carbonyl (C=O) groups excluding carboxylic acids is 2. The normalized spacial score (nSPS) is 24.4. The smallest absolute Gasteiger partial charge is 0.242 e. The van der Waals surface area contributed by atoms with E-state index in [2.05, 4.69) is 5.32 Å². The average molecular weight is 282 g/mol. The fraction of sp³-hybridized carbons (Fsp3) is 0.867. The lowest BCUT2D eigenvalue weighted by atomic mass is 9.85. The van der Waals surface area contributed by atoms with E-state index in [1.54, 1.807) is 0 Å². The molecule has 1 saturated heterocycles. The van der Waals surface area contributed by atoms with Crippen LogP contribution in [-0.4, -0.2) is 49.1 Å². The Morgan fingerprint density at radius 1 is 1.25 bits per heavy atom. The number of hydrogen-bond acceptors (Lipinski definition) is 3. The molecular formula is C15H26N2O3. The second-order valence-electron chi connectivity index (χ2n) is 5.98. The average Bonchev–Trinajstić information content (AvgIpc) is 2.46. The van der Waals surface area contributed by atoms with Crippen molar-refractivity contribution >= 4 is 11.8 Å². The van der Waals surface area contributed by atoms with Gasteiger partial charge >= 0.3 is 0 Å². The van der Waals surface area contributed by atoms with Crippen LogP contribution in [0.5, 0.6) is 0 Å². The minimum atomic E-state index is -0.162. The van der Waals surface area contributed by atoms with Crippen LogP contribution in [0.15, 0.2) is 0 Å². The molecule has 2 fully saturated rings. The van der Waals surface area contributed by atoms with E-state index in [1.165, 1.54) is 39.0 Å². The van der Waals surface area contributed by atoms with Gasteiger partial charge in [-0.1, -0.05) is 32.1 Å². The summed E-state index contributed by atoms with van der Waals surface area (Å²) in [6, 6.07) is 0. The summed E-state index contributed by atoms with van der Waals surface area (Å²) in [5.74, 6) is 0.599. The van der Waals surface area contributed by atoms with Crippen molar-refractivity contribution in [2.45, 2.75) is 51.6 Å². The molecule has 1 atom stereocenters. The van der Waals surface area contributed by atoms with Gasteiger partial charge in [-0.2, -0.15) is 0 Å². The molecule has 0 bridgehead atoms. The van der Waals surface area contributed by atoms with Crippen LogP contribution in [0.4, 0.5) is 0 Å². The molecule has 5 nitrogen and oxygen atoms in total. The lowest BCUT2D eigenvalue weighted by Gasteiger charge is -2.35. The van der Waals surface area contributed by atoms with Gasteiger partial charge in [0.15, 0.2) is 0 Å². The molecule has 20 heavy (non-hydrogen) atoms. The lowest BCUT2D eigenvalue weighted by Crippen LogP contribution is -2.49. The number of morpholine rings is 1. The lowest BCUT2D eigenvalue weighted by molar-refractivity contribution is -0.139. The van der Waals surface area contributed by atoms with Gasteiger partial charge < -0.3 is 15.0 Å². The van der Waals surface area contributed by atoms with Crippen molar-refractivity contribution < 1.29 is 14.3 Å². The Morgan fingerprint density at radius 2 is 2.00 bits per heavy atom. The number of rotatable bonds is 4. The van der Waals surface area contributed by atoms with Gasteiger partial charge in [-0.05, 0) is 12.3 Å². The molecule has 2 aliphatic rings. The van der Waals surface area contributed by atoms with E-state index in [0.29, 0.717) is 19.7 Å². The quantitative estimate of drug-likeness (QED) is 0.846. The zero-order valence-electron chi connectivity index (χ0n) is 12.4. The third-order valence-electron chi connectivity index (χ3n) is 4.30. The molecule has 1 aliphatic heterocycles. The van der Waals surface area contributed by atoms with Crippen molar-refractivity contribution in [1.29, 1.82) is 0 Å². The second-order valence-corrected chi connectivity index (χ2v) is 5.98. The number of nitrogens with one attached hydrogen (secondary N) is 1. The first-order chi connectivity index (χ1) is 9.65. The number of amides is 2. The van der Waals surface area contributed by atoms with Gasteiger partial charge in [-0.25, -0.2) is 0 Å². The molecule has 2 rings (SSSR count). The van der Waals surface area contributed by atoms with E-state index >= 15 is 0 Å². The van der Waals surface area contributed by atoms with Crippen molar-refractivity contribution in [2.75, 3.05) is 26.2 Å². The largest absolute Gasteiger partial charge is 0.375 e. The molecule has 1 saturated carbocycles. The summed E-state index contributed by atoms with van der Waals surface area (Å²) in [7, 11) is 0. The number of ether oxygens (including phenoxy) is 1. The standard InChI is InChI=1S/C15H26N2O3/c1-12(18)16-10-15(19)17-7-8-20-14(11-17)9-13-5-3-2-4-6-13/h13-14H,2-11H2,1H3,(H,16,18)/t14-/m1/s1. The Labute approximate surface area is 121 Å². The molecule has 0 aromatic carbocycles. The maximum Gasteiger partial charge on any atom is 0.242 e. The van der Waals surface area contributed by atoms with Gasteiger partial charge in [-0.3, -0.25) is 9.59 Å².